The first-order valence-electron chi connectivity index (χ1n) is 5.27. The van der Waals surface area contributed by atoms with Crippen molar-refractivity contribution in [3.05, 3.63) is 58.3 Å². The van der Waals surface area contributed by atoms with Crippen molar-refractivity contribution in [1.29, 1.82) is 0 Å². The van der Waals surface area contributed by atoms with Crippen LogP contribution >= 0.6 is 0 Å². The summed E-state index contributed by atoms with van der Waals surface area (Å²) < 4.78 is 0. The van der Waals surface area contributed by atoms with Gasteiger partial charge in [0.2, 0.25) is 0 Å². The van der Waals surface area contributed by atoms with Crippen LogP contribution < -0.4 is 0 Å². The van der Waals surface area contributed by atoms with Gasteiger partial charge in [-0.3, -0.25) is 10.1 Å². The molecule has 86 valence electrons. The number of nitrogens with zero attached hydrogens (tertiary/aromatic N) is 3. The summed E-state index contributed by atoms with van der Waals surface area (Å²) in [6.07, 6.45) is 7.80. The third kappa shape index (κ3) is 3.07. The molecule has 5 nitrogen and oxygen atoms in total. The molecular formula is C12H11N3O2. The molecule has 0 spiro atoms. The van der Waals surface area contributed by atoms with Crippen LogP contribution in [-0.4, -0.2) is 4.92 Å². The second-order valence-corrected chi connectivity index (χ2v) is 3.60. The van der Waals surface area contributed by atoms with Crippen molar-refractivity contribution in [2.24, 2.45) is 10.2 Å². The fourth-order valence-corrected chi connectivity index (χ4v) is 1.44. The van der Waals surface area contributed by atoms with Crippen LogP contribution in [0, 0.1) is 10.1 Å². The summed E-state index contributed by atoms with van der Waals surface area (Å²) in [5.41, 5.74) is 1.60. The van der Waals surface area contributed by atoms with Crippen LogP contribution in [-0.2, 0) is 0 Å². The predicted octanol–water partition coefficient (Wildman–Crippen LogP) is 3.91. The van der Waals surface area contributed by atoms with Gasteiger partial charge in [-0.25, -0.2) is 0 Å². The predicted molar refractivity (Wildman–Crippen MR) is 64.1 cm³/mol. The Morgan fingerprint density at radius 2 is 1.94 bits per heavy atom. The van der Waals surface area contributed by atoms with Crippen LogP contribution in [0.3, 0.4) is 0 Å². The van der Waals surface area contributed by atoms with E-state index in [1.807, 2.05) is 12.2 Å². The normalized spacial score (nSPS) is 14.9. The quantitative estimate of drug-likeness (QED) is 0.448. The molecular weight excluding hydrogens is 218 g/mol. The molecule has 1 aromatic rings. The van der Waals surface area contributed by atoms with E-state index in [1.165, 1.54) is 12.1 Å². The molecule has 1 aliphatic rings. The Hall–Kier alpha value is -2.30. The van der Waals surface area contributed by atoms with Gasteiger partial charge in [0.25, 0.3) is 5.69 Å². The zero-order valence-electron chi connectivity index (χ0n) is 9.11. The Labute approximate surface area is 98.3 Å². The summed E-state index contributed by atoms with van der Waals surface area (Å²) in [7, 11) is 0. The standard InChI is InChI=1S/C12H11N3O2/c16-15(17)12-8-6-11(7-9-12)14-13-10-4-2-1-3-5-10/h1-2,4,6-9H,3,5H2. The lowest BCUT2D eigenvalue weighted by molar-refractivity contribution is -0.384. The lowest BCUT2D eigenvalue weighted by Crippen LogP contribution is -1.85. The lowest BCUT2D eigenvalue weighted by Gasteiger charge is -2.00. The number of allylic oxidation sites excluding steroid dienone is 4. The highest BCUT2D eigenvalue weighted by Crippen LogP contribution is 2.20. The van der Waals surface area contributed by atoms with E-state index >= 15 is 0 Å². The summed E-state index contributed by atoms with van der Waals surface area (Å²) in [4.78, 5) is 10.0. The number of nitro benzene ring substituents is 1. The van der Waals surface area contributed by atoms with Crippen LogP contribution in [0.25, 0.3) is 0 Å². The SMILES string of the molecule is O=[N+]([O-])c1ccc(N=NC2=CC=CCC2)cc1. The Bertz CT molecular complexity index is 501. The van der Waals surface area contributed by atoms with Gasteiger partial charge in [0.05, 0.1) is 16.3 Å². The summed E-state index contributed by atoms with van der Waals surface area (Å²) in [6.45, 7) is 0. The Morgan fingerprint density at radius 3 is 2.53 bits per heavy atom. The molecule has 2 rings (SSSR count). The van der Waals surface area contributed by atoms with E-state index in [-0.39, 0.29) is 5.69 Å². The molecule has 0 saturated heterocycles. The lowest BCUT2D eigenvalue weighted by atomic mass is 10.1. The number of rotatable bonds is 3. The van der Waals surface area contributed by atoms with Gasteiger partial charge in [-0.2, -0.15) is 10.2 Å². The topological polar surface area (TPSA) is 67.9 Å². The maximum Gasteiger partial charge on any atom is 0.269 e. The molecule has 0 aliphatic heterocycles. The van der Waals surface area contributed by atoms with Crippen LogP contribution in [0.15, 0.2) is 58.4 Å². The number of non-ortho nitro benzene ring substituents is 1. The van der Waals surface area contributed by atoms with Gasteiger partial charge in [0.1, 0.15) is 0 Å². The highest BCUT2D eigenvalue weighted by molar-refractivity contribution is 5.43. The van der Waals surface area contributed by atoms with Gasteiger partial charge in [-0.1, -0.05) is 12.2 Å². The Kier molecular flexibility index (Phi) is 3.40. The first-order chi connectivity index (χ1) is 8.25. The van der Waals surface area contributed by atoms with Crippen molar-refractivity contribution in [3.8, 4) is 0 Å². The Balaban J connectivity index is 2.08. The van der Waals surface area contributed by atoms with E-state index in [2.05, 4.69) is 16.3 Å². The van der Waals surface area contributed by atoms with Crippen molar-refractivity contribution in [1.82, 2.24) is 0 Å². The van der Waals surface area contributed by atoms with E-state index in [0.29, 0.717) is 5.69 Å². The molecule has 0 heterocycles. The average Bonchev–Trinajstić information content (AvgIpc) is 2.38. The van der Waals surface area contributed by atoms with Crippen molar-refractivity contribution in [3.63, 3.8) is 0 Å². The van der Waals surface area contributed by atoms with E-state index in [4.69, 9.17) is 0 Å². The molecule has 0 aromatic heterocycles. The minimum absolute atomic E-state index is 0.0590. The van der Waals surface area contributed by atoms with Crippen molar-refractivity contribution < 1.29 is 4.92 Å². The van der Waals surface area contributed by atoms with Crippen molar-refractivity contribution in [2.75, 3.05) is 0 Å². The van der Waals surface area contributed by atoms with Crippen molar-refractivity contribution >= 4 is 11.4 Å². The summed E-state index contributed by atoms with van der Waals surface area (Å²) >= 11 is 0. The zero-order chi connectivity index (χ0) is 12.1. The monoisotopic (exact) mass is 229 g/mol. The number of hydrogen-bond donors (Lipinski definition) is 0. The fourth-order valence-electron chi connectivity index (χ4n) is 1.44. The number of azo groups is 1. The van der Waals surface area contributed by atoms with Gasteiger partial charge in [0, 0.05) is 12.1 Å². The summed E-state index contributed by atoms with van der Waals surface area (Å²) in [5.74, 6) is 0. The third-order valence-electron chi connectivity index (χ3n) is 2.35. The second-order valence-electron chi connectivity index (χ2n) is 3.60. The molecule has 1 aromatic carbocycles. The molecule has 0 amide bonds. The molecule has 0 bridgehead atoms. The zero-order valence-corrected chi connectivity index (χ0v) is 9.11. The van der Waals surface area contributed by atoms with E-state index in [0.717, 1.165) is 18.5 Å². The smallest absolute Gasteiger partial charge is 0.258 e. The van der Waals surface area contributed by atoms with Gasteiger partial charge in [0.15, 0.2) is 0 Å². The van der Waals surface area contributed by atoms with Gasteiger partial charge < -0.3 is 0 Å². The summed E-state index contributed by atoms with van der Waals surface area (Å²) in [6, 6.07) is 6.01. The largest absolute Gasteiger partial charge is 0.269 e. The van der Waals surface area contributed by atoms with Gasteiger partial charge >= 0.3 is 0 Å². The number of nitro groups is 1. The van der Waals surface area contributed by atoms with E-state index in [9.17, 15) is 10.1 Å². The molecule has 17 heavy (non-hydrogen) atoms. The average molecular weight is 229 g/mol. The highest BCUT2D eigenvalue weighted by Gasteiger charge is 2.03. The maximum atomic E-state index is 10.5. The molecule has 0 atom stereocenters. The van der Waals surface area contributed by atoms with Crippen LogP contribution in [0.5, 0.6) is 0 Å². The first kappa shape index (κ1) is 11.2. The molecule has 0 radical (unpaired) electrons. The van der Waals surface area contributed by atoms with Crippen LogP contribution in [0.1, 0.15) is 12.8 Å². The second kappa shape index (κ2) is 5.16. The molecule has 0 unspecified atom stereocenters. The minimum atomic E-state index is -0.435. The fraction of sp³-hybridized carbons (Fsp3) is 0.167. The van der Waals surface area contributed by atoms with Crippen LogP contribution in [0.4, 0.5) is 11.4 Å². The first-order valence-corrected chi connectivity index (χ1v) is 5.27. The minimum Gasteiger partial charge on any atom is -0.258 e. The highest BCUT2D eigenvalue weighted by atomic mass is 16.6. The van der Waals surface area contributed by atoms with Crippen molar-refractivity contribution in [2.45, 2.75) is 12.8 Å². The van der Waals surface area contributed by atoms with Gasteiger partial charge in [-0.15, -0.1) is 0 Å². The summed E-state index contributed by atoms with van der Waals surface area (Å²) in [5, 5.41) is 18.6. The molecule has 5 heteroatoms. The third-order valence-corrected chi connectivity index (χ3v) is 2.35. The molecule has 0 N–H and O–H groups in total. The van der Waals surface area contributed by atoms with Gasteiger partial charge in [-0.05, 0) is 31.1 Å². The van der Waals surface area contributed by atoms with E-state index in [1.54, 1.807) is 12.1 Å². The Morgan fingerprint density at radius 1 is 1.18 bits per heavy atom. The molecule has 0 saturated carbocycles. The molecule has 0 fully saturated rings. The molecule has 1 aliphatic carbocycles. The number of benzene rings is 1. The maximum absolute atomic E-state index is 10.5. The number of hydrogen-bond acceptors (Lipinski definition) is 4. The van der Waals surface area contributed by atoms with Crippen LogP contribution in [0.2, 0.25) is 0 Å². The van der Waals surface area contributed by atoms with E-state index < -0.39 is 4.92 Å².